The van der Waals surface area contributed by atoms with Crippen molar-refractivity contribution in [3.05, 3.63) is 36.2 Å². The first-order chi connectivity index (χ1) is 14.4. The molecule has 2 aliphatic heterocycles. The van der Waals surface area contributed by atoms with Gasteiger partial charge in [0.25, 0.3) is 0 Å². The SMILES string of the molecule is Oc1cc(C(F)(F)F)ccc1-c1nnc(N[C@H]2CCCN3CCC[C@H]23)c2nccn12. The first-order valence-corrected chi connectivity index (χ1v) is 10.0. The Balaban J connectivity index is 1.49. The molecule has 158 valence electrons. The molecule has 5 rings (SSSR count). The molecule has 1 aromatic carbocycles. The fourth-order valence-electron chi connectivity index (χ4n) is 4.65. The molecular formula is C20H21F3N6O. The Morgan fingerprint density at radius 2 is 1.90 bits per heavy atom. The van der Waals surface area contributed by atoms with Crippen LogP contribution in [0, 0.1) is 0 Å². The number of phenolic OH excluding ortho intramolecular Hbond substituents is 1. The Morgan fingerprint density at radius 3 is 2.67 bits per heavy atom. The lowest BCUT2D eigenvalue weighted by molar-refractivity contribution is -0.137. The van der Waals surface area contributed by atoms with Gasteiger partial charge in [0.2, 0.25) is 0 Å². The van der Waals surface area contributed by atoms with E-state index in [9.17, 15) is 18.3 Å². The van der Waals surface area contributed by atoms with Gasteiger partial charge < -0.3 is 10.4 Å². The van der Waals surface area contributed by atoms with Crippen LogP contribution in [0.4, 0.5) is 19.0 Å². The summed E-state index contributed by atoms with van der Waals surface area (Å²) in [5, 5.41) is 22.2. The molecule has 30 heavy (non-hydrogen) atoms. The van der Waals surface area contributed by atoms with Crippen LogP contribution in [0.3, 0.4) is 0 Å². The van der Waals surface area contributed by atoms with Crippen molar-refractivity contribution in [3.8, 4) is 17.1 Å². The average molecular weight is 418 g/mol. The van der Waals surface area contributed by atoms with Crippen molar-refractivity contribution < 1.29 is 18.3 Å². The van der Waals surface area contributed by atoms with Gasteiger partial charge in [-0.15, -0.1) is 10.2 Å². The van der Waals surface area contributed by atoms with E-state index in [-0.39, 0.29) is 17.4 Å². The number of nitrogens with one attached hydrogen (secondary N) is 1. The number of fused-ring (bicyclic) bond motifs is 2. The number of imidazole rings is 1. The quantitative estimate of drug-likeness (QED) is 0.677. The van der Waals surface area contributed by atoms with Crippen molar-refractivity contribution in [1.82, 2.24) is 24.5 Å². The van der Waals surface area contributed by atoms with Crippen LogP contribution in [0.25, 0.3) is 17.0 Å². The summed E-state index contributed by atoms with van der Waals surface area (Å²) < 4.78 is 40.4. The molecule has 2 saturated heterocycles. The Bertz CT molecular complexity index is 1080. The van der Waals surface area contributed by atoms with E-state index >= 15 is 0 Å². The molecule has 0 aliphatic carbocycles. The van der Waals surface area contributed by atoms with Gasteiger partial charge in [0.05, 0.1) is 11.1 Å². The molecule has 0 spiro atoms. The van der Waals surface area contributed by atoms with Gasteiger partial charge in [-0.25, -0.2) is 4.98 Å². The van der Waals surface area contributed by atoms with Crippen molar-refractivity contribution in [2.24, 2.45) is 0 Å². The fourth-order valence-corrected chi connectivity index (χ4v) is 4.65. The van der Waals surface area contributed by atoms with Crippen molar-refractivity contribution in [3.63, 3.8) is 0 Å². The van der Waals surface area contributed by atoms with Crippen LogP contribution in [-0.4, -0.2) is 54.8 Å². The normalized spacial score (nSPS) is 22.4. The zero-order valence-electron chi connectivity index (χ0n) is 16.1. The van der Waals surface area contributed by atoms with Crippen LogP contribution in [0.5, 0.6) is 5.75 Å². The number of rotatable bonds is 3. The van der Waals surface area contributed by atoms with E-state index in [1.54, 1.807) is 16.8 Å². The molecule has 0 bridgehead atoms. The van der Waals surface area contributed by atoms with Crippen LogP contribution in [0.2, 0.25) is 0 Å². The smallest absolute Gasteiger partial charge is 0.416 e. The number of phenols is 1. The van der Waals surface area contributed by atoms with E-state index in [0.717, 1.165) is 38.4 Å². The van der Waals surface area contributed by atoms with Gasteiger partial charge in [-0.1, -0.05) is 0 Å². The van der Waals surface area contributed by atoms with E-state index in [1.165, 1.54) is 12.5 Å². The molecular weight excluding hydrogens is 397 g/mol. The number of hydrogen-bond donors (Lipinski definition) is 2. The molecule has 0 unspecified atom stereocenters. The molecule has 10 heteroatoms. The number of anilines is 1. The Hall–Kier alpha value is -2.88. The number of halogens is 3. The molecule has 2 fully saturated rings. The molecule has 2 aromatic heterocycles. The van der Waals surface area contributed by atoms with Crippen LogP contribution >= 0.6 is 0 Å². The first-order valence-electron chi connectivity index (χ1n) is 10.0. The molecule has 7 nitrogen and oxygen atoms in total. The molecule has 0 saturated carbocycles. The Labute approximate surface area is 170 Å². The second kappa shape index (κ2) is 7.12. The van der Waals surface area contributed by atoms with Crippen molar-refractivity contribution in [2.45, 2.75) is 43.9 Å². The lowest BCUT2D eigenvalue weighted by atomic mass is 9.96. The summed E-state index contributed by atoms with van der Waals surface area (Å²) in [4.78, 5) is 6.87. The van der Waals surface area contributed by atoms with E-state index in [4.69, 9.17) is 0 Å². The Morgan fingerprint density at radius 1 is 1.10 bits per heavy atom. The van der Waals surface area contributed by atoms with E-state index < -0.39 is 17.5 Å². The fraction of sp³-hybridized carbons (Fsp3) is 0.450. The predicted octanol–water partition coefficient (Wildman–Crippen LogP) is 3.55. The zero-order chi connectivity index (χ0) is 20.9. The molecule has 4 heterocycles. The summed E-state index contributed by atoms with van der Waals surface area (Å²) in [5.41, 5.74) is -0.241. The third kappa shape index (κ3) is 3.24. The first kappa shape index (κ1) is 19.1. The van der Waals surface area contributed by atoms with Crippen molar-refractivity contribution in [2.75, 3.05) is 18.4 Å². The molecule has 0 radical (unpaired) electrons. The number of piperidine rings is 1. The van der Waals surface area contributed by atoms with E-state index in [2.05, 4.69) is 25.4 Å². The van der Waals surface area contributed by atoms with Crippen LogP contribution < -0.4 is 5.32 Å². The second-order valence-corrected chi connectivity index (χ2v) is 7.86. The summed E-state index contributed by atoms with van der Waals surface area (Å²) in [6.07, 6.45) is 3.20. The number of benzene rings is 1. The molecule has 2 N–H and O–H groups in total. The zero-order valence-corrected chi connectivity index (χ0v) is 16.1. The molecule has 3 aromatic rings. The highest BCUT2D eigenvalue weighted by molar-refractivity contribution is 5.71. The highest BCUT2D eigenvalue weighted by atomic mass is 19.4. The number of aromatic hydroxyl groups is 1. The van der Waals surface area contributed by atoms with E-state index in [1.807, 2.05) is 0 Å². The number of aromatic nitrogens is 4. The summed E-state index contributed by atoms with van der Waals surface area (Å²) in [6.45, 7) is 2.25. The minimum absolute atomic E-state index is 0.157. The number of alkyl halides is 3. The Kier molecular flexibility index (Phi) is 4.53. The molecule has 2 aliphatic rings. The maximum atomic E-state index is 12.9. The van der Waals surface area contributed by atoms with Crippen molar-refractivity contribution in [1.29, 1.82) is 0 Å². The average Bonchev–Trinajstić information content (AvgIpc) is 3.38. The third-order valence-electron chi connectivity index (χ3n) is 6.05. The highest BCUT2D eigenvalue weighted by Crippen LogP contribution is 2.36. The van der Waals surface area contributed by atoms with Crippen LogP contribution in [0.15, 0.2) is 30.6 Å². The molecule has 0 amide bonds. The van der Waals surface area contributed by atoms with Gasteiger partial charge in [-0.05, 0) is 57.0 Å². The highest BCUT2D eigenvalue weighted by Gasteiger charge is 2.35. The van der Waals surface area contributed by atoms with E-state index in [0.29, 0.717) is 23.6 Å². The van der Waals surface area contributed by atoms with Crippen molar-refractivity contribution >= 4 is 11.5 Å². The summed E-state index contributed by atoms with van der Waals surface area (Å²) in [7, 11) is 0. The van der Waals surface area contributed by atoms with Gasteiger partial charge in [-0.2, -0.15) is 13.2 Å². The number of nitrogens with zero attached hydrogens (tertiary/aromatic N) is 5. The largest absolute Gasteiger partial charge is 0.507 e. The summed E-state index contributed by atoms with van der Waals surface area (Å²) >= 11 is 0. The lowest BCUT2D eigenvalue weighted by Gasteiger charge is -2.37. The van der Waals surface area contributed by atoms with Gasteiger partial charge in [0, 0.05) is 24.5 Å². The lowest BCUT2D eigenvalue weighted by Crippen LogP contribution is -2.47. The minimum atomic E-state index is -4.53. The monoisotopic (exact) mass is 418 g/mol. The topological polar surface area (TPSA) is 78.6 Å². The van der Waals surface area contributed by atoms with Gasteiger partial charge >= 0.3 is 6.18 Å². The van der Waals surface area contributed by atoms with Crippen LogP contribution in [0.1, 0.15) is 31.2 Å². The third-order valence-corrected chi connectivity index (χ3v) is 6.05. The minimum Gasteiger partial charge on any atom is -0.507 e. The van der Waals surface area contributed by atoms with Gasteiger partial charge in [-0.3, -0.25) is 9.30 Å². The maximum absolute atomic E-state index is 12.9. The van der Waals surface area contributed by atoms with Crippen LogP contribution in [-0.2, 0) is 6.18 Å². The van der Waals surface area contributed by atoms with Gasteiger partial charge in [0.1, 0.15) is 5.75 Å². The second-order valence-electron chi connectivity index (χ2n) is 7.86. The maximum Gasteiger partial charge on any atom is 0.416 e. The standard InChI is InChI=1S/C20H21F3N6O/c21-20(22,23)12-5-6-13(16(30)11-12)18-27-26-17(19-24-7-10-29(18)19)25-14-3-1-8-28-9-2-4-15(14)28/h5-7,10-11,14-15,30H,1-4,8-9H2,(H,25,26)/t14-,15+/m0/s1. The number of hydrogen-bond acceptors (Lipinski definition) is 6. The van der Waals surface area contributed by atoms with Gasteiger partial charge in [0.15, 0.2) is 17.3 Å². The predicted molar refractivity (Wildman–Crippen MR) is 104 cm³/mol. The molecule has 2 atom stereocenters. The summed E-state index contributed by atoms with van der Waals surface area (Å²) in [6, 6.07) is 3.53. The summed E-state index contributed by atoms with van der Waals surface area (Å²) in [5.74, 6) is 0.253.